The van der Waals surface area contributed by atoms with Crippen molar-refractivity contribution in [1.29, 1.82) is 0 Å². The maximum absolute atomic E-state index is 13.4. The van der Waals surface area contributed by atoms with E-state index in [0.717, 1.165) is 6.07 Å². The number of nitrogens with two attached hydrogens (primary N) is 1. The summed E-state index contributed by atoms with van der Waals surface area (Å²) in [4.78, 5) is 21.4. The summed E-state index contributed by atoms with van der Waals surface area (Å²) in [7, 11) is 0. The summed E-state index contributed by atoms with van der Waals surface area (Å²) in [5.41, 5.74) is 5.29. The number of hydrogen-bond donors (Lipinski definition) is 3. The predicted molar refractivity (Wildman–Crippen MR) is 63.5 cm³/mol. The van der Waals surface area contributed by atoms with E-state index in [0.29, 0.717) is 0 Å². The van der Waals surface area contributed by atoms with Crippen LogP contribution in [0, 0.1) is 5.82 Å². The Hall–Kier alpha value is -1.95. The first-order valence-corrected chi connectivity index (χ1v) is 5.43. The normalized spacial score (nSPS) is 12.1. The van der Waals surface area contributed by atoms with E-state index in [1.165, 1.54) is 12.1 Å². The van der Waals surface area contributed by atoms with E-state index in [-0.39, 0.29) is 30.1 Å². The summed E-state index contributed by atoms with van der Waals surface area (Å²) in [6.45, 7) is 1.88. The number of carboxylic acids is 1. The summed E-state index contributed by atoms with van der Waals surface area (Å²) in [5.74, 6) is -2.05. The first-order chi connectivity index (χ1) is 8.40. The van der Waals surface area contributed by atoms with Crippen LogP contribution in [0.4, 0.5) is 4.39 Å². The van der Waals surface area contributed by atoms with Crippen LogP contribution >= 0.6 is 0 Å². The summed E-state index contributed by atoms with van der Waals surface area (Å²) in [6.07, 6.45) is 0.139. The Morgan fingerprint density at radius 1 is 1.50 bits per heavy atom. The van der Waals surface area contributed by atoms with Gasteiger partial charge in [-0.2, -0.15) is 0 Å². The van der Waals surface area contributed by atoms with Gasteiger partial charge in [0.05, 0.1) is 5.56 Å². The summed E-state index contributed by atoms with van der Waals surface area (Å²) in [6, 6.07) is 3.38. The maximum Gasteiger partial charge on any atom is 0.335 e. The minimum atomic E-state index is -1.11. The van der Waals surface area contributed by atoms with Gasteiger partial charge in [0.15, 0.2) is 0 Å². The fourth-order valence-electron chi connectivity index (χ4n) is 1.50. The second-order valence-electron chi connectivity index (χ2n) is 4.06. The molecule has 4 N–H and O–H groups in total. The molecule has 0 radical (unpaired) electrons. The van der Waals surface area contributed by atoms with Crippen molar-refractivity contribution in [2.45, 2.75) is 25.9 Å². The zero-order valence-corrected chi connectivity index (χ0v) is 9.94. The second kappa shape index (κ2) is 6.11. The number of halogens is 1. The van der Waals surface area contributed by atoms with Gasteiger partial charge in [0.1, 0.15) is 5.82 Å². The minimum Gasteiger partial charge on any atom is -0.478 e. The lowest BCUT2D eigenvalue weighted by Crippen LogP contribution is -2.30. The highest BCUT2D eigenvalue weighted by molar-refractivity contribution is 5.87. The zero-order chi connectivity index (χ0) is 13.7. The Kier molecular flexibility index (Phi) is 4.79. The van der Waals surface area contributed by atoms with Crippen molar-refractivity contribution in [1.82, 2.24) is 5.32 Å². The third-order valence-corrected chi connectivity index (χ3v) is 2.44. The van der Waals surface area contributed by atoms with Gasteiger partial charge in [-0.05, 0) is 25.1 Å². The van der Waals surface area contributed by atoms with Gasteiger partial charge in [-0.1, -0.05) is 0 Å². The maximum atomic E-state index is 13.4. The predicted octanol–water partition coefficient (Wildman–Crippen LogP) is 0.877. The van der Waals surface area contributed by atoms with Crippen molar-refractivity contribution in [3.05, 3.63) is 35.1 Å². The van der Waals surface area contributed by atoms with Gasteiger partial charge in [-0.25, -0.2) is 9.18 Å². The molecule has 1 amide bonds. The third-order valence-electron chi connectivity index (χ3n) is 2.44. The topological polar surface area (TPSA) is 92.4 Å². The molecule has 18 heavy (non-hydrogen) atoms. The lowest BCUT2D eigenvalue weighted by Gasteiger charge is -2.12. The summed E-state index contributed by atoms with van der Waals surface area (Å²) >= 11 is 0. The molecule has 1 unspecified atom stereocenters. The van der Waals surface area contributed by atoms with E-state index < -0.39 is 17.7 Å². The van der Waals surface area contributed by atoms with Crippen LogP contribution in [-0.4, -0.2) is 23.0 Å². The fourth-order valence-corrected chi connectivity index (χ4v) is 1.50. The Bertz CT molecular complexity index is 463. The highest BCUT2D eigenvalue weighted by Crippen LogP contribution is 2.11. The van der Waals surface area contributed by atoms with Crippen LogP contribution in [0.5, 0.6) is 0 Å². The number of carbonyl (C=O) groups is 2. The first-order valence-electron chi connectivity index (χ1n) is 5.43. The number of carbonyl (C=O) groups excluding carboxylic acids is 1. The average Bonchev–Trinajstić information content (AvgIpc) is 2.26. The molecule has 98 valence electrons. The van der Waals surface area contributed by atoms with Crippen molar-refractivity contribution in [2.24, 2.45) is 5.73 Å². The number of rotatable bonds is 6. The van der Waals surface area contributed by atoms with Crippen LogP contribution in [0.25, 0.3) is 0 Å². The highest BCUT2D eigenvalue weighted by Gasteiger charge is 2.10. The Morgan fingerprint density at radius 3 is 2.72 bits per heavy atom. The van der Waals surface area contributed by atoms with Crippen molar-refractivity contribution < 1.29 is 19.1 Å². The van der Waals surface area contributed by atoms with Gasteiger partial charge in [0, 0.05) is 24.6 Å². The standard InChI is InChI=1S/C12H15FN2O3/c1-7(4-11(14)16)15-6-9-5-8(12(17)18)2-3-10(9)13/h2-3,5,7,15H,4,6H2,1H3,(H2,14,16)(H,17,18). The third kappa shape index (κ3) is 4.14. The number of primary amides is 1. The number of nitrogens with one attached hydrogen (secondary N) is 1. The summed E-state index contributed by atoms with van der Waals surface area (Å²) in [5, 5.41) is 11.7. The number of aromatic carboxylic acids is 1. The van der Waals surface area contributed by atoms with E-state index in [1.54, 1.807) is 6.92 Å². The van der Waals surface area contributed by atoms with Crippen LogP contribution < -0.4 is 11.1 Å². The Morgan fingerprint density at radius 2 is 2.17 bits per heavy atom. The smallest absolute Gasteiger partial charge is 0.335 e. The molecular weight excluding hydrogens is 239 g/mol. The Balaban J connectivity index is 2.69. The molecule has 1 rings (SSSR count). The van der Waals surface area contributed by atoms with Crippen LogP contribution in [0.3, 0.4) is 0 Å². The molecule has 0 aliphatic carbocycles. The molecule has 1 atom stereocenters. The molecule has 0 heterocycles. The van der Waals surface area contributed by atoms with Crippen LogP contribution in [-0.2, 0) is 11.3 Å². The second-order valence-corrected chi connectivity index (χ2v) is 4.06. The molecule has 0 fully saturated rings. The number of carboxylic acid groups (broad SMARTS) is 1. The van der Waals surface area contributed by atoms with Crippen molar-refractivity contribution in [3.8, 4) is 0 Å². The quantitative estimate of drug-likeness (QED) is 0.702. The van der Waals surface area contributed by atoms with E-state index in [4.69, 9.17) is 10.8 Å². The van der Waals surface area contributed by atoms with Crippen LogP contribution in [0.1, 0.15) is 29.3 Å². The fraction of sp³-hybridized carbons (Fsp3) is 0.333. The Labute approximate surface area is 104 Å². The first kappa shape index (κ1) is 14.1. The molecule has 0 aromatic heterocycles. The van der Waals surface area contributed by atoms with Gasteiger partial charge in [-0.3, -0.25) is 4.79 Å². The van der Waals surface area contributed by atoms with E-state index in [2.05, 4.69) is 5.32 Å². The van der Waals surface area contributed by atoms with Crippen LogP contribution in [0.2, 0.25) is 0 Å². The molecule has 0 aliphatic rings. The van der Waals surface area contributed by atoms with Crippen molar-refractivity contribution >= 4 is 11.9 Å². The minimum absolute atomic E-state index is 0.0238. The molecule has 0 aliphatic heterocycles. The number of hydrogen-bond acceptors (Lipinski definition) is 3. The van der Waals surface area contributed by atoms with Gasteiger partial charge < -0.3 is 16.2 Å². The molecule has 1 aromatic carbocycles. The lowest BCUT2D eigenvalue weighted by molar-refractivity contribution is -0.118. The SMILES string of the molecule is CC(CC(N)=O)NCc1cc(C(=O)O)ccc1F. The molecule has 0 spiro atoms. The summed E-state index contributed by atoms with van der Waals surface area (Å²) < 4.78 is 13.4. The number of amides is 1. The van der Waals surface area contributed by atoms with Crippen molar-refractivity contribution in [2.75, 3.05) is 0 Å². The van der Waals surface area contributed by atoms with Gasteiger partial charge in [0.25, 0.3) is 0 Å². The zero-order valence-electron chi connectivity index (χ0n) is 9.94. The monoisotopic (exact) mass is 254 g/mol. The molecular formula is C12H15FN2O3. The lowest BCUT2D eigenvalue weighted by atomic mass is 10.1. The molecule has 0 bridgehead atoms. The molecule has 5 nitrogen and oxygen atoms in total. The van der Waals surface area contributed by atoms with Gasteiger partial charge >= 0.3 is 5.97 Å². The number of benzene rings is 1. The van der Waals surface area contributed by atoms with E-state index in [9.17, 15) is 14.0 Å². The van der Waals surface area contributed by atoms with Crippen LogP contribution in [0.15, 0.2) is 18.2 Å². The van der Waals surface area contributed by atoms with Gasteiger partial charge in [0.2, 0.25) is 5.91 Å². The van der Waals surface area contributed by atoms with E-state index >= 15 is 0 Å². The average molecular weight is 254 g/mol. The molecule has 0 saturated heterocycles. The highest BCUT2D eigenvalue weighted by atomic mass is 19.1. The molecule has 1 aromatic rings. The van der Waals surface area contributed by atoms with Crippen molar-refractivity contribution in [3.63, 3.8) is 0 Å². The molecule has 6 heteroatoms. The molecule has 0 saturated carbocycles. The van der Waals surface area contributed by atoms with E-state index in [1.807, 2.05) is 0 Å². The van der Waals surface area contributed by atoms with Gasteiger partial charge in [-0.15, -0.1) is 0 Å². The largest absolute Gasteiger partial charge is 0.478 e.